The van der Waals surface area contributed by atoms with E-state index in [1.807, 2.05) is 0 Å². The Hall–Kier alpha value is -1.66. The number of hydrogen-bond donors (Lipinski definition) is 2. The van der Waals surface area contributed by atoms with Crippen molar-refractivity contribution >= 4 is 50.2 Å². The Morgan fingerprint density at radius 2 is 2.10 bits per heavy atom. The van der Waals surface area contributed by atoms with Gasteiger partial charge in [0.25, 0.3) is 0 Å². The number of carbonyl (C=O) groups is 2. The van der Waals surface area contributed by atoms with Gasteiger partial charge in [-0.05, 0) is 23.6 Å². The van der Waals surface area contributed by atoms with E-state index in [0.717, 1.165) is 10.2 Å². The van der Waals surface area contributed by atoms with Crippen LogP contribution in [0, 0.1) is 17.3 Å². The van der Waals surface area contributed by atoms with Crippen LogP contribution >= 0.6 is 22.9 Å². The molecule has 1 amide bonds. The fourth-order valence-corrected chi connectivity index (χ4v) is 3.87. The van der Waals surface area contributed by atoms with Gasteiger partial charge < -0.3 is 10.4 Å². The topological polar surface area (TPSA) is 79.3 Å². The van der Waals surface area contributed by atoms with Crippen molar-refractivity contribution in [2.24, 2.45) is 17.3 Å². The number of benzene rings is 1. The summed E-state index contributed by atoms with van der Waals surface area (Å²) in [6.07, 6.45) is 0. The zero-order chi connectivity index (χ0) is 15.4. The molecule has 2 atom stereocenters. The summed E-state index contributed by atoms with van der Waals surface area (Å²) in [5.74, 6) is -2.39. The number of nitrogens with one attached hydrogen (secondary N) is 1. The van der Waals surface area contributed by atoms with Crippen molar-refractivity contribution in [3.05, 3.63) is 23.2 Å². The van der Waals surface area contributed by atoms with Gasteiger partial charge in [0.05, 0.1) is 22.1 Å². The number of rotatable bonds is 3. The monoisotopic (exact) mass is 324 g/mol. The predicted molar refractivity (Wildman–Crippen MR) is 81.7 cm³/mol. The highest BCUT2D eigenvalue weighted by Gasteiger charge is 2.65. The standard InChI is InChI=1S/C14H13ClN2O3S/c1-14(2)9(10(14)12(19)20)11(18)17-13-16-7-4-3-6(15)5-8(7)21-13/h3-5,9-10H,1-2H3,(H,19,20)(H,16,17,18)/t9-,10+/m1/s1. The SMILES string of the molecule is CC1(C)[C@H](C(=O)O)[C@@H]1C(=O)Nc1nc2ccc(Cl)cc2s1. The predicted octanol–water partition coefficient (Wildman–Crippen LogP) is 3.25. The third-order valence-corrected chi connectivity index (χ3v) is 5.13. The van der Waals surface area contributed by atoms with E-state index in [1.165, 1.54) is 11.3 Å². The first kappa shape index (κ1) is 14.3. The van der Waals surface area contributed by atoms with Crippen LogP contribution in [0.15, 0.2) is 18.2 Å². The third kappa shape index (κ3) is 2.38. The molecule has 2 aromatic rings. The van der Waals surface area contributed by atoms with Gasteiger partial charge in [0, 0.05) is 5.02 Å². The number of fused-ring (bicyclic) bond motifs is 1. The second-order valence-corrected chi connectivity index (χ2v) is 7.20. The van der Waals surface area contributed by atoms with Gasteiger partial charge in [-0.1, -0.05) is 36.8 Å². The van der Waals surface area contributed by atoms with Crippen LogP contribution in [0.4, 0.5) is 5.13 Å². The summed E-state index contributed by atoms with van der Waals surface area (Å²) >= 11 is 7.23. The van der Waals surface area contributed by atoms with Crippen LogP contribution in [0.5, 0.6) is 0 Å². The minimum Gasteiger partial charge on any atom is -0.481 e. The first-order chi connectivity index (χ1) is 9.80. The molecular weight excluding hydrogens is 312 g/mol. The molecule has 7 heteroatoms. The Morgan fingerprint density at radius 3 is 2.71 bits per heavy atom. The number of nitrogens with zero attached hydrogens (tertiary/aromatic N) is 1. The molecule has 3 rings (SSSR count). The van der Waals surface area contributed by atoms with Gasteiger partial charge in [-0.2, -0.15) is 0 Å². The van der Waals surface area contributed by atoms with Gasteiger partial charge in [-0.3, -0.25) is 9.59 Å². The van der Waals surface area contributed by atoms with Crippen LogP contribution in [-0.2, 0) is 9.59 Å². The summed E-state index contributed by atoms with van der Waals surface area (Å²) in [6.45, 7) is 3.57. The van der Waals surface area contributed by atoms with Crippen molar-refractivity contribution in [2.45, 2.75) is 13.8 Å². The van der Waals surface area contributed by atoms with Crippen LogP contribution in [0.3, 0.4) is 0 Å². The second-order valence-electron chi connectivity index (χ2n) is 5.74. The molecule has 1 saturated carbocycles. The van der Waals surface area contributed by atoms with Crippen molar-refractivity contribution in [1.29, 1.82) is 0 Å². The number of aromatic nitrogens is 1. The van der Waals surface area contributed by atoms with Crippen molar-refractivity contribution in [1.82, 2.24) is 4.98 Å². The van der Waals surface area contributed by atoms with E-state index in [2.05, 4.69) is 10.3 Å². The Labute approximate surface area is 129 Å². The van der Waals surface area contributed by atoms with Crippen molar-refractivity contribution in [2.75, 3.05) is 5.32 Å². The van der Waals surface area contributed by atoms with Gasteiger partial charge in [0.1, 0.15) is 0 Å². The third-order valence-electron chi connectivity index (χ3n) is 3.96. The summed E-state index contributed by atoms with van der Waals surface area (Å²) < 4.78 is 0.877. The van der Waals surface area contributed by atoms with Crippen LogP contribution in [0.2, 0.25) is 5.02 Å². The number of carboxylic acids is 1. The summed E-state index contributed by atoms with van der Waals surface area (Å²) in [4.78, 5) is 27.6. The van der Waals surface area contributed by atoms with Gasteiger partial charge in [-0.15, -0.1) is 0 Å². The summed E-state index contributed by atoms with van der Waals surface area (Å²) in [7, 11) is 0. The van der Waals surface area contributed by atoms with Crippen molar-refractivity contribution in [3.63, 3.8) is 0 Å². The molecule has 0 aliphatic heterocycles. The molecule has 1 aliphatic carbocycles. The number of carboxylic acid groups (broad SMARTS) is 1. The van der Waals surface area contributed by atoms with Crippen LogP contribution in [0.1, 0.15) is 13.8 Å². The molecule has 0 unspecified atom stereocenters. The van der Waals surface area contributed by atoms with E-state index < -0.39 is 23.2 Å². The molecule has 21 heavy (non-hydrogen) atoms. The fourth-order valence-electron chi connectivity index (χ4n) is 2.72. The maximum atomic E-state index is 12.2. The molecule has 1 aliphatic rings. The van der Waals surface area contributed by atoms with Gasteiger partial charge in [0.15, 0.2) is 5.13 Å². The van der Waals surface area contributed by atoms with E-state index in [1.54, 1.807) is 32.0 Å². The Kier molecular flexibility index (Phi) is 3.18. The lowest BCUT2D eigenvalue weighted by molar-refractivity contribution is -0.140. The van der Waals surface area contributed by atoms with Crippen molar-refractivity contribution < 1.29 is 14.7 Å². The summed E-state index contributed by atoms with van der Waals surface area (Å²) in [5, 5.41) is 12.9. The normalized spacial score (nSPS) is 23.0. The lowest BCUT2D eigenvalue weighted by atomic mass is 10.1. The Balaban J connectivity index is 1.80. The van der Waals surface area contributed by atoms with Gasteiger partial charge in [0.2, 0.25) is 5.91 Å². The van der Waals surface area contributed by atoms with E-state index in [-0.39, 0.29) is 5.91 Å². The largest absolute Gasteiger partial charge is 0.481 e. The second kappa shape index (κ2) is 4.68. The molecule has 5 nitrogen and oxygen atoms in total. The molecule has 110 valence electrons. The number of amides is 1. The molecule has 0 bridgehead atoms. The lowest BCUT2D eigenvalue weighted by Gasteiger charge is -2.02. The summed E-state index contributed by atoms with van der Waals surface area (Å²) in [5.41, 5.74) is 0.236. The average molecular weight is 325 g/mol. The molecule has 1 fully saturated rings. The van der Waals surface area contributed by atoms with Crippen LogP contribution < -0.4 is 5.32 Å². The van der Waals surface area contributed by atoms with E-state index in [9.17, 15) is 9.59 Å². The fraction of sp³-hybridized carbons (Fsp3) is 0.357. The van der Waals surface area contributed by atoms with Crippen molar-refractivity contribution in [3.8, 4) is 0 Å². The number of aliphatic carboxylic acids is 1. The molecule has 0 spiro atoms. The molecule has 1 aromatic heterocycles. The quantitative estimate of drug-likeness (QED) is 0.908. The minimum atomic E-state index is -0.934. The van der Waals surface area contributed by atoms with E-state index in [0.29, 0.717) is 10.2 Å². The molecular formula is C14H13ClN2O3S. The number of thiazole rings is 1. The zero-order valence-electron chi connectivity index (χ0n) is 11.4. The first-order valence-electron chi connectivity index (χ1n) is 6.40. The molecule has 2 N–H and O–H groups in total. The number of carbonyl (C=O) groups excluding carboxylic acids is 1. The van der Waals surface area contributed by atoms with Gasteiger partial charge >= 0.3 is 5.97 Å². The van der Waals surface area contributed by atoms with E-state index >= 15 is 0 Å². The molecule has 0 radical (unpaired) electrons. The smallest absolute Gasteiger partial charge is 0.307 e. The minimum absolute atomic E-state index is 0.294. The molecule has 1 aromatic carbocycles. The molecule has 0 saturated heterocycles. The molecule has 1 heterocycles. The van der Waals surface area contributed by atoms with E-state index in [4.69, 9.17) is 16.7 Å². The Bertz CT molecular complexity index is 756. The maximum absolute atomic E-state index is 12.2. The number of hydrogen-bond acceptors (Lipinski definition) is 4. The maximum Gasteiger partial charge on any atom is 0.307 e. The van der Waals surface area contributed by atoms with Crippen LogP contribution in [-0.4, -0.2) is 22.0 Å². The number of anilines is 1. The van der Waals surface area contributed by atoms with Gasteiger partial charge in [-0.25, -0.2) is 4.98 Å². The Morgan fingerprint density at radius 1 is 1.38 bits per heavy atom. The lowest BCUT2D eigenvalue weighted by Crippen LogP contribution is -2.17. The zero-order valence-corrected chi connectivity index (χ0v) is 13.0. The van der Waals surface area contributed by atoms with Crippen LogP contribution in [0.25, 0.3) is 10.2 Å². The highest BCUT2D eigenvalue weighted by Crippen LogP contribution is 2.58. The summed E-state index contributed by atoms with van der Waals surface area (Å²) in [6, 6.07) is 5.30. The highest BCUT2D eigenvalue weighted by molar-refractivity contribution is 7.22. The highest BCUT2D eigenvalue weighted by atomic mass is 35.5. The average Bonchev–Trinajstić information content (AvgIpc) is 2.75. The number of halogens is 1. The first-order valence-corrected chi connectivity index (χ1v) is 7.60.